The molecule has 6 nitrogen and oxygen atoms in total. The number of para-hydroxylation sites is 1. The molecule has 2 amide bonds. The van der Waals surface area contributed by atoms with E-state index in [1.165, 1.54) is 6.42 Å². The molecule has 0 atom stereocenters. The zero-order chi connectivity index (χ0) is 24.5. The second-order valence-corrected chi connectivity index (χ2v) is 9.49. The highest BCUT2D eigenvalue weighted by atomic mass is 16.5. The topological polar surface area (TPSA) is 71.5 Å². The van der Waals surface area contributed by atoms with Crippen molar-refractivity contribution >= 4 is 22.7 Å². The Bertz CT molecular complexity index is 1440. The Morgan fingerprint density at radius 2 is 1.72 bits per heavy atom. The molecule has 0 saturated heterocycles. The lowest BCUT2D eigenvalue weighted by Crippen LogP contribution is -2.39. The molecule has 2 aliphatic rings. The largest absolute Gasteiger partial charge is 0.491 e. The summed E-state index contributed by atoms with van der Waals surface area (Å²) in [5.41, 5.74) is 5.12. The molecule has 0 spiro atoms. The van der Waals surface area contributed by atoms with E-state index in [0.29, 0.717) is 30.8 Å². The van der Waals surface area contributed by atoms with Gasteiger partial charge in [-0.05, 0) is 73.4 Å². The molecule has 180 valence electrons. The molecular formula is C30H27N3O3. The molecule has 0 bridgehead atoms. The first kappa shape index (κ1) is 22.3. The van der Waals surface area contributed by atoms with Crippen molar-refractivity contribution in [3.8, 4) is 16.9 Å². The van der Waals surface area contributed by atoms with Crippen LogP contribution in [0.5, 0.6) is 5.75 Å². The first-order chi connectivity index (χ1) is 17.6. The average molecular weight is 478 g/mol. The number of nitrogens with one attached hydrogen (secondary N) is 1. The van der Waals surface area contributed by atoms with E-state index >= 15 is 0 Å². The Kier molecular flexibility index (Phi) is 5.85. The van der Waals surface area contributed by atoms with E-state index in [-0.39, 0.29) is 17.9 Å². The lowest BCUT2D eigenvalue weighted by molar-refractivity contribution is 0.0732. The number of rotatable bonds is 4. The Balaban J connectivity index is 1.21. The normalized spacial score (nSPS) is 15.4. The molecule has 1 fully saturated rings. The molecule has 1 saturated carbocycles. The summed E-state index contributed by atoms with van der Waals surface area (Å²) in [4.78, 5) is 32.1. The van der Waals surface area contributed by atoms with Crippen molar-refractivity contribution in [2.45, 2.75) is 31.8 Å². The summed E-state index contributed by atoms with van der Waals surface area (Å²) in [5, 5.41) is 4.12. The highest BCUT2D eigenvalue weighted by Crippen LogP contribution is 2.31. The molecule has 4 aromatic rings. The van der Waals surface area contributed by atoms with E-state index in [2.05, 4.69) is 28.5 Å². The zero-order valence-electron chi connectivity index (χ0n) is 19.9. The second-order valence-electron chi connectivity index (χ2n) is 9.49. The molecule has 1 N–H and O–H groups in total. The third-order valence-corrected chi connectivity index (χ3v) is 7.09. The summed E-state index contributed by atoms with van der Waals surface area (Å²) in [6, 6.07) is 23.5. The number of amides is 2. The SMILES string of the molecule is O=C(NC1CCC1)c1ccc(C(=O)N2CCOc3ccc(-c4cnc5ccccc5c4)cc3C2)cc1. The van der Waals surface area contributed by atoms with Crippen LogP contribution in [-0.4, -0.2) is 40.9 Å². The summed E-state index contributed by atoms with van der Waals surface area (Å²) in [5.74, 6) is 0.646. The van der Waals surface area contributed by atoms with Crippen LogP contribution < -0.4 is 10.1 Å². The summed E-state index contributed by atoms with van der Waals surface area (Å²) < 4.78 is 5.97. The maximum atomic E-state index is 13.3. The fraction of sp³-hybridized carbons (Fsp3) is 0.233. The van der Waals surface area contributed by atoms with Crippen LogP contribution >= 0.6 is 0 Å². The lowest BCUT2D eigenvalue weighted by Gasteiger charge is -2.26. The van der Waals surface area contributed by atoms with Gasteiger partial charge in [0.05, 0.1) is 12.1 Å². The van der Waals surface area contributed by atoms with Crippen molar-refractivity contribution in [3.05, 3.63) is 95.7 Å². The van der Waals surface area contributed by atoms with Crippen molar-refractivity contribution in [3.63, 3.8) is 0 Å². The molecule has 6 rings (SSSR count). The molecule has 6 heteroatoms. The van der Waals surface area contributed by atoms with Crippen molar-refractivity contribution in [2.24, 2.45) is 0 Å². The van der Waals surface area contributed by atoms with Gasteiger partial charge in [-0.15, -0.1) is 0 Å². The van der Waals surface area contributed by atoms with Gasteiger partial charge in [0, 0.05) is 46.4 Å². The predicted molar refractivity (Wildman–Crippen MR) is 139 cm³/mol. The predicted octanol–water partition coefficient (Wildman–Crippen LogP) is 5.22. The number of fused-ring (bicyclic) bond motifs is 2. The molecule has 0 unspecified atom stereocenters. The summed E-state index contributed by atoms with van der Waals surface area (Å²) in [6.07, 6.45) is 5.13. The fourth-order valence-electron chi connectivity index (χ4n) is 4.74. The number of ether oxygens (including phenoxy) is 1. The van der Waals surface area contributed by atoms with Gasteiger partial charge in [0.2, 0.25) is 0 Å². The van der Waals surface area contributed by atoms with Gasteiger partial charge in [-0.3, -0.25) is 14.6 Å². The first-order valence-corrected chi connectivity index (χ1v) is 12.5. The van der Waals surface area contributed by atoms with Crippen LogP contribution in [0.25, 0.3) is 22.0 Å². The van der Waals surface area contributed by atoms with Crippen LogP contribution in [0.3, 0.4) is 0 Å². The number of aromatic nitrogens is 1. The Morgan fingerprint density at radius 3 is 2.53 bits per heavy atom. The third-order valence-electron chi connectivity index (χ3n) is 7.09. The molecular weight excluding hydrogens is 450 g/mol. The number of hydrogen-bond donors (Lipinski definition) is 1. The summed E-state index contributed by atoms with van der Waals surface area (Å²) in [7, 11) is 0. The van der Waals surface area contributed by atoms with E-state index in [0.717, 1.165) is 46.2 Å². The maximum absolute atomic E-state index is 13.3. The van der Waals surface area contributed by atoms with Crippen LogP contribution in [0.1, 0.15) is 45.5 Å². The second kappa shape index (κ2) is 9.46. The molecule has 2 heterocycles. The number of benzene rings is 3. The van der Waals surface area contributed by atoms with Gasteiger partial charge in [0.1, 0.15) is 12.4 Å². The molecule has 1 aromatic heterocycles. The third kappa shape index (κ3) is 4.42. The Hall–Kier alpha value is -4.19. The van der Waals surface area contributed by atoms with Gasteiger partial charge in [0.25, 0.3) is 11.8 Å². The number of carbonyl (C=O) groups is 2. The lowest BCUT2D eigenvalue weighted by atomic mass is 9.93. The van der Waals surface area contributed by atoms with Crippen LogP contribution in [0.2, 0.25) is 0 Å². The average Bonchev–Trinajstić information content (AvgIpc) is 3.12. The Morgan fingerprint density at radius 1 is 0.917 bits per heavy atom. The Labute approximate surface area is 209 Å². The van der Waals surface area contributed by atoms with Gasteiger partial charge < -0.3 is 15.0 Å². The van der Waals surface area contributed by atoms with E-state index in [1.807, 2.05) is 36.5 Å². The van der Waals surface area contributed by atoms with E-state index in [1.54, 1.807) is 29.2 Å². The fourth-order valence-corrected chi connectivity index (χ4v) is 4.74. The van der Waals surface area contributed by atoms with Gasteiger partial charge in [0.15, 0.2) is 0 Å². The zero-order valence-corrected chi connectivity index (χ0v) is 19.9. The highest BCUT2D eigenvalue weighted by Gasteiger charge is 2.23. The number of nitrogens with zero attached hydrogens (tertiary/aromatic N) is 2. The number of pyridine rings is 1. The van der Waals surface area contributed by atoms with Crippen LogP contribution in [0.4, 0.5) is 0 Å². The maximum Gasteiger partial charge on any atom is 0.254 e. The van der Waals surface area contributed by atoms with E-state index in [4.69, 9.17) is 4.74 Å². The first-order valence-electron chi connectivity index (χ1n) is 12.5. The van der Waals surface area contributed by atoms with Crippen molar-refractivity contribution < 1.29 is 14.3 Å². The monoisotopic (exact) mass is 477 g/mol. The van der Waals surface area contributed by atoms with Crippen LogP contribution in [-0.2, 0) is 6.54 Å². The van der Waals surface area contributed by atoms with Crippen LogP contribution in [0.15, 0.2) is 79.0 Å². The number of hydrogen-bond acceptors (Lipinski definition) is 4. The van der Waals surface area contributed by atoms with E-state index < -0.39 is 0 Å². The standard InChI is InChI=1S/C30H27N3O3/c34-29(32-26-5-3-6-26)20-8-10-21(11-9-20)30(35)33-14-15-36-28-13-12-22(16-25(28)19-33)24-17-23-4-1-2-7-27(23)31-18-24/h1-2,4,7-13,16-18,26H,3,5-6,14-15,19H2,(H,32,34). The van der Waals surface area contributed by atoms with Crippen molar-refractivity contribution in [1.29, 1.82) is 0 Å². The van der Waals surface area contributed by atoms with Gasteiger partial charge in [-0.2, -0.15) is 0 Å². The number of carbonyl (C=O) groups excluding carboxylic acids is 2. The molecule has 36 heavy (non-hydrogen) atoms. The van der Waals surface area contributed by atoms with Crippen molar-refractivity contribution in [1.82, 2.24) is 15.2 Å². The van der Waals surface area contributed by atoms with Crippen LogP contribution in [0, 0.1) is 0 Å². The van der Waals surface area contributed by atoms with Gasteiger partial charge >= 0.3 is 0 Å². The minimum absolute atomic E-state index is 0.0739. The molecule has 3 aromatic carbocycles. The smallest absolute Gasteiger partial charge is 0.254 e. The molecule has 1 aliphatic heterocycles. The van der Waals surface area contributed by atoms with Gasteiger partial charge in [-0.1, -0.05) is 24.3 Å². The molecule has 1 aliphatic carbocycles. The quantitative estimate of drug-likeness (QED) is 0.438. The highest BCUT2D eigenvalue weighted by molar-refractivity contribution is 5.98. The molecule has 0 radical (unpaired) electrons. The summed E-state index contributed by atoms with van der Waals surface area (Å²) >= 11 is 0. The van der Waals surface area contributed by atoms with E-state index in [9.17, 15) is 9.59 Å². The summed E-state index contributed by atoms with van der Waals surface area (Å²) in [6.45, 7) is 1.37. The minimum Gasteiger partial charge on any atom is -0.491 e. The van der Waals surface area contributed by atoms with Gasteiger partial charge in [-0.25, -0.2) is 0 Å². The van der Waals surface area contributed by atoms with Crippen molar-refractivity contribution in [2.75, 3.05) is 13.2 Å². The minimum atomic E-state index is -0.0773.